The van der Waals surface area contributed by atoms with E-state index >= 15 is 0 Å². The summed E-state index contributed by atoms with van der Waals surface area (Å²) in [5.41, 5.74) is 1.88. The number of benzene rings is 1. The van der Waals surface area contributed by atoms with Crippen LogP contribution in [0.1, 0.15) is 49.5 Å². The molecule has 1 N–H and O–H groups in total. The van der Waals surface area contributed by atoms with Gasteiger partial charge in [-0.2, -0.15) is 0 Å². The Morgan fingerprint density at radius 1 is 1.28 bits per heavy atom. The number of aryl methyl sites for hydroxylation is 2. The monoisotopic (exact) mass is 422 g/mol. The topological polar surface area (TPSA) is 59.8 Å². The van der Waals surface area contributed by atoms with Crippen LogP contribution < -0.4 is 5.32 Å². The molecule has 1 saturated carbocycles. The smallest absolute Gasteiger partial charge is 0.234 e. The van der Waals surface area contributed by atoms with Crippen LogP contribution in [0.2, 0.25) is 0 Å². The number of amides is 1. The van der Waals surface area contributed by atoms with Crippen molar-refractivity contribution in [3.63, 3.8) is 0 Å². The molecule has 0 aliphatic heterocycles. The van der Waals surface area contributed by atoms with E-state index in [0.29, 0.717) is 11.8 Å². The number of thioether (sulfide) groups is 1. The van der Waals surface area contributed by atoms with Gasteiger partial charge in [0, 0.05) is 16.2 Å². The molecule has 0 bridgehead atoms. The number of hydrogen-bond acceptors (Lipinski definition) is 4. The number of nitrogens with one attached hydrogen (secondary N) is 1. The Hall–Kier alpha value is -1.34. The Morgan fingerprint density at radius 3 is 2.76 bits per heavy atom. The summed E-state index contributed by atoms with van der Waals surface area (Å²) in [7, 11) is 0. The highest BCUT2D eigenvalue weighted by molar-refractivity contribution is 9.10. The Kier molecular flexibility index (Phi) is 6.17. The van der Waals surface area contributed by atoms with Crippen molar-refractivity contribution in [3.05, 3.63) is 34.1 Å². The average molecular weight is 423 g/mol. The molecule has 2 aromatic rings. The van der Waals surface area contributed by atoms with Crippen LogP contribution in [0.5, 0.6) is 0 Å². The molecule has 7 heteroatoms. The van der Waals surface area contributed by atoms with E-state index in [1.54, 1.807) is 0 Å². The van der Waals surface area contributed by atoms with Gasteiger partial charge in [-0.3, -0.25) is 4.79 Å². The second-order valence-corrected chi connectivity index (χ2v) is 8.35. The summed E-state index contributed by atoms with van der Waals surface area (Å²) in [6.07, 6.45) is 6.19. The second-order valence-electron chi connectivity index (χ2n) is 6.49. The SMILES string of the molecule is Cc1cc(Br)ccc1NC(=O)CSc1nnc(C)n1C1CCCCC1. The van der Waals surface area contributed by atoms with E-state index in [-0.39, 0.29) is 5.91 Å². The molecule has 5 nitrogen and oxygen atoms in total. The van der Waals surface area contributed by atoms with Crippen molar-refractivity contribution in [2.24, 2.45) is 0 Å². The molecule has 0 atom stereocenters. The fourth-order valence-corrected chi connectivity index (χ4v) is 4.62. The number of hydrogen-bond donors (Lipinski definition) is 1. The van der Waals surface area contributed by atoms with Crippen LogP contribution in [-0.2, 0) is 4.79 Å². The molecule has 0 radical (unpaired) electrons. The molecule has 1 aliphatic rings. The third-order valence-corrected chi connectivity index (χ3v) is 6.01. The second kappa shape index (κ2) is 8.36. The summed E-state index contributed by atoms with van der Waals surface area (Å²) in [5, 5.41) is 12.4. The molecule has 1 aliphatic carbocycles. The number of carbonyl (C=O) groups is 1. The van der Waals surface area contributed by atoms with E-state index in [1.165, 1.54) is 43.9 Å². The first kappa shape index (κ1) is 18.5. The van der Waals surface area contributed by atoms with Crippen molar-refractivity contribution in [2.75, 3.05) is 11.1 Å². The molecule has 25 heavy (non-hydrogen) atoms. The number of carbonyl (C=O) groups excluding carboxylic acids is 1. The zero-order chi connectivity index (χ0) is 17.8. The van der Waals surface area contributed by atoms with Crippen molar-refractivity contribution >= 4 is 39.3 Å². The normalized spacial score (nSPS) is 15.3. The van der Waals surface area contributed by atoms with Crippen molar-refractivity contribution < 1.29 is 4.79 Å². The number of halogens is 1. The number of nitrogens with zero attached hydrogens (tertiary/aromatic N) is 3. The summed E-state index contributed by atoms with van der Waals surface area (Å²) < 4.78 is 3.23. The summed E-state index contributed by atoms with van der Waals surface area (Å²) in [5.74, 6) is 1.25. The molecule has 134 valence electrons. The predicted molar refractivity (Wildman–Crippen MR) is 105 cm³/mol. The molecule has 0 spiro atoms. The minimum Gasteiger partial charge on any atom is -0.325 e. The van der Waals surface area contributed by atoms with Crippen molar-refractivity contribution in [1.82, 2.24) is 14.8 Å². The van der Waals surface area contributed by atoms with Gasteiger partial charge in [0.1, 0.15) is 5.82 Å². The fraction of sp³-hybridized carbons (Fsp3) is 0.500. The third kappa shape index (κ3) is 4.64. The Labute approximate surface area is 161 Å². The van der Waals surface area contributed by atoms with Gasteiger partial charge < -0.3 is 9.88 Å². The number of rotatable bonds is 5. The lowest BCUT2D eigenvalue weighted by atomic mass is 9.95. The number of anilines is 1. The van der Waals surface area contributed by atoms with Gasteiger partial charge in [-0.1, -0.05) is 47.0 Å². The lowest BCUT2D eigenvalue weighted by molar-refractivity contribution is -0.113. The van der Waals surface area contributed by atoms with E-state index in [0.717, 1.165) is 26.7 Å². The zero-order valence-electron chi connectivity index (χ0n) is 14.6. The number of aromatic nitrogens is 3. The van der Waals surface area contributed by atoms with Crippen LogP contribution in [0.15, 0.2) is 27.8 Å². The minimum atomic E-state index is -0.0220. The van der Waals surface area contributed by atoms with E-state index < -0.39 is 0 Å². The molecule has 1 fully saturated rings. The van der Waals surface area contributed by atoms with E-state index in [2.05, 4.69) is 36.0 Å². The van der Waals surface area contributed by atoms with Gasteiger partial charge in [-0.25, -0.2) is 0 Å². The Morgan fingerprint density at radius 2 is 2.04 bits per heavy atom. The van der Waals surface area contributed by atoms with Gasteiger partial charge in [0.25, 0.3) is 0 Å². The summed E-state index contributed by atoms with van der Waals surface area (Å²) >= 11 is 4.90. The van der Waals surface area contributed by atoms with Crippen LogP contribution >= 0.6 is 27.7 Å². The molecular formula is C18H23BrN4OS. The van der Waals surface area contributed by atoms with Crippen LogP contribution in [0.3, 0.4) is 0 Å². The largest absolute Gasteiger partial charge is 0.325 e. The molecule has 1 aromatic heterocycles. The highest BCUT2D eigenvalue weighted by atomic mass is 79.9. The first-order valence-electron chi connectivity index (χ1n) is 8.65. The van der Waals surface area contributed by atoms with E-state index in [1.807, 2.05) is 32.0 Å². The van der Waals surface area contributed by atoms with Gasteiger partial charge in [0.2, 0.25) is 5.91 Å². The van der Waals surface area contributed by atoms with Crippen LogP contribution in [0, 0.1) is 13.8 Å². The highest BCUT2D eigenvalue weighted by Gasteiger charge is 2.21. The van der Waals surface area contributed by atoms with Gasteiger partial charge in [-0.15, -0.1) is 10.2 Å². The maximum Gasteiger partial charge on any atom is 0.234 e. The van der Waals surface area contributed by atoms with E-state index in [4.69, 9.17) is 0 Å². The van der Waals surface area contributed by atoms with Gasteiger partial charge in [0.05, 0.1) is 5.75 Å². The predicted octanol–water partition coefficient (Wildman–Crippen LogP) is 4.89. The molecule has 0 saturated heterocycles. The van der Waals surface area contributed by atoms with Crippen LogP contribution in [0.25, 0.3) is 0 Å². The van der Waals surface area contributed by atoms with Crippen molar-refractivity contribution in [3.8, 4) is 0 Å². The summed E-state index contributed by atoms with van der Waals surface area (Å²) in [6.45, 7) is 3.98. The molecule has 1 aromatic carbocycles. The van der Waals surface area contributed by atoms with Crippen LogP contribution in [0.4, 0.5) is 5.69 Å². The Bertz CT molecular complexity index is 756. The molecule has 1 amide bonds. The van der Waals surface area contributed by atoms with Gasteiger partial charge in [0.15, 0.2) is 5.16 Å². The summed E-state index contributed by atoms with van der Waals surface area (Å²) in [6, 6.07) is 6.31. The lowest BCUT2D eigenvalue weighted by Crippen LogP contribution is -2.17. The fourth-order valence-electron chi connectivity index (χ4n) is 3.29. The summed E-state index contributed by atoms with van der Waals surface area (Å²) in [4.78, 5) is 12.3. The first-order valence-corrected chi connectivity index (χ1v) is 10.4. The standard InChI is InChI=1S/C18H23BrN4OS/c1-12-10-14(19)8-9-16(12)20-17(24)11-25-18-22-21-13(2)23(18)15-6-4-3-5-7-15/h8-10,15H,3-7,11H2,1-2H3,(H,20,24). The molecule has 0 unspecified atom stereocenters. The van der Waals surface area contributed by atoms with Gasteiger partial charge >= 0.3 is 0 Å². The third-order valence-electron chi connectivity index (χ3n) is 4.57. The van der Waals surface area contributed by atoms with Gasteiger partial charge in [-0.05, 0) is 50.5 Å². The Balaban J connectivity index is 1.62. The maximum atomic E-state index is 12.3. The highest BCUT2D eigenvalue weighted by Crippen LogP contribution is 2.32. The maximum absolute atomic E-state index is 12.3. The molecule has 3 rings (SSSR count). The lowest BCUT2D eigenvalue weighted by Gasteiger charge is -2.24. The van der Waals surface area contributed by atoms with Crippen molar-refractivity contribution in [1.29, 1.82) is 0 Å². The minimum absolute atomic E-state index is 0.0220. The molecular weight excluding hydrogens is 400 g/mol. The molecule has 1 heterocycles. The zero-order valence-corrected chi connectivity index (χ0v) is 17.0. The van der Waals surface area contributed by atoms with E-state index in [9.17, 15) is 4.79 Å². The quantitative estimate of drug-likeness (QED) is 0.696. The van der Waals surface area contributed by atoms with Crippen molar-refractivity contribution in [2.45, 2.75) is 57.1 Å². The average Bonchev–Trinajstić information content (AvgIpc) is 2.97. The van der Waals surface area contributed by atoms with Crippen LogP contribution in [-0.4, -0.2) is 26.4 Å². The first-order chi connectivity index (χ1) is 12.0.